The predicted octanol–water partition coefficient (Wildman–Crippen LogP) is 3.40. The molecule has 3 nitrogen and oxygen atoms in total. The van der Waals surface area contributed by atoms with Gasteiger partial charge in [-0.1, -0.05) is 37.3 Å². The first-order valence-electron chi connectivity index (χ1n) is 6.18. The third-order valence-corrected chi connectivity index (χ3v) is 3.08. The second kappa shape index (κ2) is 5.13. The number of nitrogens with zero attached hydrogens (tertiary/aromatic N) is 3. The van der Waals surface area contributed by atoms with E-state index in [4.69, 9.17) is 0 Å². The summed E-state index contributed by atoms with van der Waals surface area (Å²) in [5.74, 6) is 1.40. The molecular formula is C14H19N3. The van der Waals surface area contributed by atoms with Gasteiger partial charge in [0.2, 0.25) is 0 Å². The molecule has 1 heterocycles. The summed E-state index contributed by atoms with van der Waals surface area (Å²) in [5.41, 5.74) is 1.31. The maximum absolute atomic E-state index is 4.30. The number of benzene rings is 1. The zero-order valence-electron chi connectivity index (χ0n) is 10.7. The van der Waals surface area contributed by atoms with Crippen molar-refractivity contribution in [3.05, 3.63) is 48.0 Å². The lowest BCUT2D eigenvalue weighted by Crippen LogP contribution is -2.11. The predicted molar refractivity (Wildman–Crippen MR) is 69.0 cm³/mol. The van der Waals surface area contributed by atoms with E-state index >= 15 is 0 Å². The van der Waals surface area contributed by atoms with E-state index in [9.17, 15) is 0 Å². The van der Waals surface area contributed by atoms with Crippen molar-refractivity contribution >= 4 is 0 Å². The Hall–Kier alpha value is -1.64. The van der Waals surface area contributed by atoms with Gasteiger partial charge in [-0.25, -0.2) is 0 Å². The van der Waals surface area contributed by atoms with Crippen LogP contribution >= 0.6 is 0 Å². The molecule has 2 rings (SSSR count). The summed E-state index contributed by atoms with van der Waals surface area (Å²) in [6, 6.07) is 10.9. The molecule has 1 unspecified atom stereocenters. The summed E-state index contributed by atoms with van der Waals surface area (Å²) in [6.45, 7) is 6.51. The second-order valence-electron chi connectivity index (χ2n) is 4.56. The first-order chi connectivity index (χ1) is 8.24. The van der Waals surface area contributed by atoms with Gasteiger partial charge in [-0.3, -0.25) is 0 Å². The zero-order chi connectivity index (χ0) is 12.3. The van der Waals surface area contributed by atoms with Gasteiger partial charge in [0.25, 0.3) is 0 Å². The second-order valence-corrected chi connectivity index (χ2v) is 4.56. The molecule has 2 aromatic rings. The Labute approximate surface area is 103 Å². The monoisotopic (exact) mass is 229 g/mol. The van der Waals surface area contributed by atoms with Crippen LogP contribution in [0.3, 0.4) is 0 Å². The molecule has 0 aliphatic rings. The molecule has 0 aliphatic carbocycles. The van der Waals surface area contributed by atoms with E-state index in [2.05, 4.69) is 59.8 Å². The van der Waals surface area contributed by atoms with Crippen molar-refractivity contribution in [2.24, 2.45) is 0 Å². The highest BCUT2D eigenvalue weighted by atomic mass is 15.3. The van der Waals surface area contributed by atoms with E-state index in [1.165, 1.54) is 5.56 Å². The minimum atomic E-state index is 0.334. The summed E-state index contributed by atoms with van der Waals surface area (Å²) >= 11 is 0. The van der Waals surface area contributed by atoms with Crippen LogP contribution in [0, 0.1) is 0 Å². The van der Waals surface area contributed by atoms with Crippen molar-refractivity contribution in [1.29, 1.82) is 0 Å². The summed E-state index contributed by atoms with van der Waals surface area (Å²) in [5, 5.41) is 8.35. The Balaban J connectivity index is 2.39. The highest BCUT2D eigenvalue weighted by Crippen LogP contribution is 2.27. The fraction of sp³-hybridized carbons (Fsp3) is 0.429. The molecule has 0 aliphatic heterocycles. The van der Waals surface area contributed by atoms with Gasteiger partial charge < -0.3 is 4.57 Å². The number of hydrogen-bond donors (Lipinski definition) is 0. The fourth-order valence-corrected chi connectivity index (χ4v) is 2.15. The average Bonchev–Trinajstić information content (AvgIpc) is 2.81. The molecule has 0 spiro atoms. The van der Waals surface area contributed by atoms with E-state index in [-0.39, 0.29) is 0 Å². The normalized spacial score (nSPS) is 12.9. The van der Waals surface area contributed by atoms with Crippen LogP contribution in [-0.4, -0.2) is 14.8 Å². The Bertz CT molecular complexity index is 459. The molecule has 0 fully saturated rings. The standard InChI is InChI=1S/C14H19N3/c1-4-13(12-8-6-5-7-9-12)14-16-15-10-17(14)11(2)3/h5-11,13H,4H2,1-3H3. The van der Waals surface area contributed by atoms with Crippen molar-refractivity contribution in [2.75, 3.05) is 0 Å². The van der Waals surface area contributed by atoms with Crippen molar-refractivity contribution in [3.63, 3.8) is 0 Å². The van der Waals surface area contributed by atoms with Crippen molar-refractivity contribution in [1.82, 2.24) is 14.8 Å². The molecular weight excluding hydrogens is 210 g/mol. The van der Waals surface area contributed by atoms with Gasteiger partial charge in [-0.15, -0.1) is 10.2 Å². The molecule has 90 valence electrons. The summed E-state index contributed by atoms with van der Waals surface area (Å²) < 4.78 is 2.15. The van der Waals surface area contributed by atoms with E-state index in [0.29, 0.717) is 12.0 Å². The van der Waals surface area contributed by atoms with Crippen LogP contribution in [0.1, 0.15) is 50.5 Å². The van der Waals surface area contributed by atoms with Gasteiger partial charge >= 0.3 is 0 Å². The van der Waals surface area contributed by atoms with Gasteiger partial charge in [-0.05, 0) is 25.8 Å². The Morgan fingerprint density at radius 2 is 1.88 bits per heavy atom. The number of rotatable bonds is 4. The summed E-state index contributed by atoms with van der Waals surface area (Å²) in [7, 11) is 0. The maximum Gasteiger partial charge on any atom is 0.140 e. The number of hydrogen-bond acceptors (Lipinski definition) is 2. The molecule has 1 aromatic heterocycles. The lowest BCUT2D eigenvalue weighted by atomic mass is 9.95. The van der Waals surface area contributed by atoms with Crippen LogP contribution in [0.4, 0.5) is 0 Å². The Morgan fingerprint density at radius 1 is 1.18 bits per heavy atom. The van der Waals surface area contributed by atoms with Crippen LogP contribution in [0.25, 0.3) is 0 Å². The Kier molecular flexibility index (Phi) is 3.57. The van der Waals surface area contributed by atoms with E-state index in [0.717, 1.165) is 12.2 Å². The molecule has 0 N–H and O–H groups in total. The quantitative estimate of drug-likeness (QED) is 0.804. The van der Waals surface area contributed by atoms with Crippen LogP contribution in [0.15, 0.2) is 36.7 Å². The molecule has 0 saturated carbocycles. The lowest BCUT2D eigenvalue weighted by molar-refractivity contribution is 0.543. The largest absolute Gasteiger partial charge is 0.315 e. The molecule has 1 atom stereocenters. The van der Waals surface area contributed by atoms with Crippen LogP contribution < -0.4 is 0 Å². The third-order valence-electron chi connectivity index (χ3n) is 3.08. The van der Waals surface area contributed by atoms with Crippen LogP contribution in [0.5, 0.6) is 0 Å². The van der Waals surface area contributed by atoms with E-state index in [1.807, 2.05) is 12.4 Å². The van der Waals surface area contributed by atoms with Crippen LogP contribution in [0.2, 0.25) is 0 Å². The van der Waals surface area contributed by atoms with E-state index in [1.54, 1.807) is 0 Å². The molecule has 3 heteroatoms. The van der Waals surface area contributed by atoms with Gasteiger partial charge in [0.15, 0.2) is 0 Å². The first kappa shape index (κ1) is 11.8. The maximum atomic E-state index is 4.30. The molecule has 0 radical (unpaired) electrons. The smallest absolute Gasteiger partial charge is 0.140 e. The fourth-order valence-electron chi connectivity index (χ4n) is 2.15. The topological polar surface area (TPSA) is 30.7 Å². The molecule has 0 bridgehead atoms. The number of aromatic nitrogens is 3. The van der Waals surface area contributed by atoms with Crippen LogP contribution in [-0.2, 0) is 0 Å². The van der Waals surface area contributed by atoms with Crippen molar-refractivity contribution in [2.45, 2.75) is 39.2 Å². The van der Waals surface area contributed by atoms with Crippen molar-refractivity contribution in [3.8, 4) is 0 Å². The third kappa shape index (κ3) is 2.38. The molecule has 0 amide bonds. The van der Waals surface area contributed by atoms with Gasteiger partial charge in [-0.2, -0.15) is 0 Å². The lowest BCUT2D eigenvalue weighted by Gasteiger charge is -2.18. The summed E-state index contributed by atoms with van der Waals surface area (Å²) in [4.78, 5) is 0. The molecule has 0 saturated heterocycles. The Morgan fingerprint density at radius 3 is 2.47 bits per heavy atom. The first-order valence-corrected chi connectivity index (χ1v) is 6.18. The highest BCUT2D eigenvalue weighted by Gasteiger charge is 2.19. The minimum Gasteiger partial charge on any atom is -0.315 e. The molecule has 1 aromatic carbocycles. The summed E-state index contributed by atoms with van der Waals surface area (Å²) in [6.07, 6.45) is 2.86. The van der Waals surface area contributed by atoms with E-state index < -0.39 is 0 Å². The SMILES string of the molecule is CCC(c1ccccc1)c1nncn1C(C)C. The average molecular weight is 229 g/mol. The van der Waals surface area contributed by atoms with Gasteiger partial charge in [0.05, 0.1) is 0 Å². The van der Waals surface area contributed by atoms with Gasteiger partial charge in [0, 0.05) is 12.0 Å². The minimum absolute atomic E-state index is 0.334. The van der Waals surface area contributed by atoms with Crippen molar-refractivity contribution < 1.29 is 0 Å². The zero-order valence-corrected chi connectivity index (χ0v) is 10.7. The highest BCUT2D eigenvalue weighted by molar-refractivity contribution is 5.25. The van der Waals surface area contributed by atoms with Gasteiger partial charge in [0.1, 0.15) is 12.2 Å². The molecule has 17 heavy (non-hydrogen) atoms.